The maximum atomic E-state index is 12.7. The normalized spacial score (nSPS) is 20.6. The molecule has 0 spiro atoms. The summed E-state index contributed by atoms with van der Waals surface area (Å²) in [6.45, 7) is 0.144. The predicted molar refractivity (Wildman–Crippen MR) is 94.2 cm³/mol. The summed E-state index contributed by atoms with van der Waals surface area (Å²) in [5.41, 5.74) is 3.15. The predicted octanol–water partition coefficient (Wildman–Crippen LogP) is 1.93. The van der Waals surface area contributed by atoms with Gasteiger partial charge in [-0.15, -0.1) is 0 Å². The lowest BCUT2D eigenvalue weighted by Crippen LogP contribution is -2.46. The molecular formula is C19H22N4O3. The van der Waals surface area contributed by atoms with Gasteiger partial charge in [0.2, 0.25) is 5.91 Å². The fourth-order valence-electron chi connectivity index (χ4n) is 3.99. The van der Waals surface area contributed by atoms with Crippen molar-refractivity contribution in [2.45, 2.75) is 38.0 Å². The molecule has 0 saturated carbocycles. The lowest BCUT2D eigenvalue weighted by atomic mass is 10.0. The van der Waals surface area contributed by atoms with Crippen molar-refractivity contribution in [1.29, 1.82) is 0 Å². The number of hydrogen-bond donors (Lipinski definition) is 1. The number of amides is 2. The van der Waals surface area contributed by atoms with Gasteiger partial charge >= 0.3 is 6.09 Å². The molecule has 26 heavy (non-hydrogen) atoms. The van der Waals surface area contributed by atoms with Gasteiger partial charge in [-0.3, -0.25) is 9.48 Å². The first-order valence-corrected chi connectivity index (χ1v) is 8.90. The second-order valence-corrected chi connectivity index (χ2v) is 6.87. The van der Waals surface area contributed by atoms with Crippen LogP contribution in [-0.2, 0) is 29.6 Å². The molecule has 0 aliphatic carbocycles. The second kappa shape index (κ2) is 6.82. The van der Waals surface area contributed by atoms with Gasteiger partial charge in [0.15, 0.2) is 0 Å². The number of alkyl carbamates (subject to hydrolysis) is 1. The highest BCUT2D eigenvalue weighted by molar-refractivity contribution is 5.83. The summed E-state index contributed by atoms with van der Waals surface area (Å²) in [5, 5.41) is 7.08. The van der Waals surface area contributed by atoms with E-state index in [2.05, 4.69) is 10.4 Å². The summed E-state index contributed by atoms with van der Waals surface area (Å²) in [6, 6.07) is 9.70. The Kier molecular flexibility index (Phi) is 4.36. The average Bonchev–Trinajstić information content (AvgIpc) is 3.18. The molecule has 1 saturated heterocycles. The number of hydrogen-bond acceptors (Lipinski definition) is 4. The number of nitrogens with one attached hydrogen (secondary N) is 1. The highest BCUT2D eigenvalue weighted by Crippen LogP contribution is 2.43. The van der Waals surface area contributed by atoms with Gasteiger partial charge in [0.25, 0.3) is 0 Å². The Hall–Kier alpha value is -2.83. The molecule has 136 valence electrons. The average molecular weight is 354 g/mol. The number of fused-ring (bicyclic) bond motifs is 4. The smallest absolute Gasteiger partial charge is 0.407 e. The Labute approximate surface area is 151 Å². The third kappa shape index (κ3) is 3.16. The van der Waals surface area contributed by atoms with E-state index < -0.39 is 6.09 Å². The van der Waals surface area contributed by atoms with Crippen molar-refractivity contribution < 1.29 is 14.3 Å². The first-order valence-electron chi connectivity index (χ1n) is 8.90. The molecule has 7 heteroatoms. The molecular weight excluding hydrogens is 332 g/mol. The molecule has 3 heterocycles. The monoisotopic (exact) mass is 354 g/mol. The van der Waals surface area contributed by atoms with Crippen molar-refractivity contribution >= 4 is 12.0 Å². The topological polar surface area (TPSA) is 76.5 Å². The zero-order chi connectivity index (χ0) is 18.1. The third-order valence-corrected chi connectivity index (χ3v) is 5.11. The van der Waals surface area contributed by atoms with Gasteiger partial charge in [0.1, 0.15) is 13.2 Å². The van der Waals surface area contributed by atoms with Crippen molar-refractivity contribution in [3.05, 3.63) is 53.3 Å². The molecule has 2 amide bonds. The molecule has 4 rings (SSSR count). The number of nitrogens with zero attached hydrogens (tertiary/aromatic N) is 3. The highest BCUT2D eigenvalue weighted by atomic mass is 16.5. The molecule has 1 aromatic carbocycles. The van der Waals surface area contributed by atoms with Gasteiger partial charge in [-0.25, -0.2) is 4.79 Å². The minimum Gasteiger partial charge on any atom is -0.445 e. The molecule has 2 unspecified atom stereocenters. The second-order valence-electron chi connectivity index (χ2n) is 6.87. The lowest BCUT2D eigenvalue weighted by Gasteiger charge is -2.34. The number of rotatable bonds is 4. The van der Waals surface area contributed by atoms with Crippen LogP contribution in [0, 0.1) is 0 Å². The summed E-state index contributed by atoms with van der Waals surface area (Å²) >= 11 is 0. The van der Waals surface area contributed by atoms with Crippen LogP contribution < -0.4 is 5.32 Å². The largest absolute Gasteiger partial charge is 0.445 e. The van der Waals surface area contributed by atoms with Gasteiger partial charge in [0.05, 0.1) is 11.7 Å². The fraction of sp³-hybridized carbons (Fsp3) is 0.421. The molecule has 0 radical (unpaired) electrons. The first-order chi connectivity index (χ1) is 12.6. The Morgan fingerprint density at radius 3 is 2.88 bits per heavy atom. The summed E-state index contributed by atoms with van der Waals surface area (Å²) in [6.07, 6.45) is 4.15. The summed E-state index contributed by atoms with van der Waals surface area (Å²) in [5.74, 6) is -0.0661. The summed E-state index contributed by atoms with van der Waals surface area (Å²) in [4.78, 5) is 26.5. The van der Waals surface area contributed by atoms with Gasteiger partial charge in [-0.05, 0) is 18.4 Å². The van der Waals surface area contributed by atoms with Gasteiger partial charge in [-0.1, -0.05) is 30.3 Å². The third-order valence-electron chi connectivity index (χ3n) is 5.11. The Balaban J connectivity index is 1.32. The van der Waals surface area contributed by atoms with Crippen LogP contribution >= 0.6 is 0 Å². The molecule has 2 atom stereocenters. The standard InChI is InChI=1S/C19H22N4O3/c1-22-11-15-16(21-22)9-14-7-8-17(15)23(14)18(24)10-20-19(25)26-12-13-5-3-2-4-6-13/h2-6,11,14,17H,7-10,12H2,1H3,(H,20,25). The molecule has 2 aliphatic heterocycles. The van der Waals surface area contributed by atoms with Crippen LogP contribution in [0.3, 0.4) is 0 Å². The van der Waals surface area contributed by atoms with Crippen molar-refractivity contribution in [3.8, 4) is 0 Å². The minimum absolute atomic E-state index is 0.0454. The van der Waals surface area contributed by atoms with E-state index in [4.69, 9.17) is 4.74 Å². The molecule has 2 bridgehead atoms. The maximum Gasteiger partial charge on any atom is 0.407 e. The maximum absolute atomic E-state index is 12.7. The zero-order valence-corrected chi connectivity index (χ0v) is 14.7. The SMILES string of the molecule is Cn1cc2c(n1)CC1CCC2N1C(=O)CNC(=O)OCc1ccccc1. The molecule has 1 aromatic heterocycles. The van der Waals surface area contributed by atoms with E-state index in [0.717, 1.165) is 36.1 Å². The summed E-state index contributed by atoms with van der Waals surface area (Å²) < 4.78 is 6.97. The molecule has 1 N–H and O–H groups in total. The van der Waals surface area contributed by atoms with E-state index in [1.54, 1.807) is 0 Å². The van der Waals surface area contributed by atoms with Crippen LogP contribution in [0.25, 0.3) is 0 Å². The number of ether oxygens (including phenoxy) is 1. The van der Waals surface area contributed by atoms with E-state index >= 15 is 0 Å². The van der Waals surface area contributed by atoms with E-state index in [1.165, 1.54) is 0 Å². The Bertz CT molecular complexity index is 817. The summed E-state index contributed by atoms with van der Waals surface area (Å²) in [7, 11) is 1.91. The van der Waals surface area contributed by atoms with Crippen molar-refractivity contribution in [2.75, 3.05) is 6.54 Å². The Morgan fingerprint density at radius 1 is 1.27 bits per heavy atom. The fourth-order valence-corrected chi connectivity index (χ4v) is 3.99. The first kappa shape index (κ1) is 16.6. The highest BCUT2D eigenvalue weighted by Gasteiger charge is 2.43. The zero-order valence-electron chi connectivity index (χ0n) is 14.7. The number of aromatic nitrogens is 2. The van der Waals surface area contributed by atoms with Crippen molar-refractivity contribution in [1.82, 2.24) is 20.0 Å². The van der Waals surface area contributed by atoms with E-state index in [-0.39, 0.29) is 31.1 Å². The van der Waals surface area contributed by atoms with Gasteiger partial charge < -0.3 is 15.0 Å². The number of aryl methyl sites for hydroxylation is 1. The van der Waals surface area contributed by atoms with E-state index in [9.17, 15) is 9.59 Å². The minimum atomic E-state index is -0.575. The van der Waals surface area contributed by atoms with E-state index in [1.807, 2.05) is 53.2 Å². The Morgan fingerprint density at radius 2 is 2.08 bits per heavy atom. The van der Waals surface area contributed by atoms with Crippen LogP contribution in [0.15, 0.2) is 36.5 Å². The van der Waals surface area contributed by atoms with Crippen molar-refractivity contribution in [2.24, 2.45) is 7.05 Å². The molecule has 7 nitrogen and oxygen atoms in total. The van der Waals surface area contributed by atoms with Gasteiger partial charge in [0, 0.05) is 31.3 Å². The lowest BCUT2D eigenvalue weighted by molar-refractivity contribution is -0.133. The number of benzene rings is 1. The van der Waals surface area contributed by atoms with E-state index in [0.29, 0.717) is 0 Å². The number of carbonyl (C=O) groups excluding carboxylic acids is 2. The van der Waals surface area contributed by atoms with Crippen LogP contribution in [-0.4, -0.2) is 39.3 Å². The van der Waals surface area contributed by atoms with Gasteiger partial charge in [-0.2, -0.15) is 5.10 Å². The van der Waals surface area contributed by atoms with Crippen LogP contribution in [0.1, 0.15) is 35.7 Å². The molecule has 1 fully saturated rings. The van der Waals surface area contributed by atoms with Crippen LogP contribution in [0.2, 0.25) is 0 Å². The quantitative estimate of drug-likeness (QED) is 0.910. The van der Waals surface area contributed by atoms with Crippen LogP contribution in [0.4, 0.5) is 4.79 Å². The molecule has 2 aromatic rings. The van der Waals surface area contributed by atoms with Crippen molar-refractivity contribution in [3.63, 3.8) is 0 Å². The molecule has 2 aliphatic rings. The number of carbonyl (C=O) groups is 2. The van der Waals surface area contributed by atoms with Crippen LogP contribution in [0.5, 0.6) is 0 Å².